The van der Waals surface area contributed by atoms with Crippen molar-refractivity contribution in [3.05, 3.63) is 77.4 Å². The number of methoxy groups -OCH3 is 1. The zero-order valence-electron chi connectivity index (χ0n) is 19.6. The Labute approximate surface area is 201 Å². The number of anilines is 1. The maximum Gasteiger partial charge on any atom is 0.174 e. The Hall–Kier alpha value is -2.86. The molecule has 0 spiro atoms. The topological polar surface area (TPSA) is 42.3 Å². The summed E-state index contributed by atoms with van der Waals surface area (Å²) in [4.78, 5) is 6.93. The van der Waals surface area contributed by atoms with Crippen LogP contribution in [0.1, 0.15) is 72.9 Å². The van der Waals surface area contributed by atoms with E-state index in [0.29, 0.717) is 11.2 Å². The summed E-state index contributed by atoms with van der Waals surface area (Å²) in [6.07, 6.45) is 8.36. The number of rotatable bonds is 5. The van der Waals surface area contributed by atoms with Gasteiger partial charge in [-0.2, -0.15) is 0 Å². The fourth-order valence-electron chi connectivity index (χ4n) is 5.76. The zero-order valence-corrected chi connectivity index (χ0v) is 20.4. The van der Waals surface area contributed by atoms with E-state index in [4.69, 9.17) is 21.9 Å². The van der Waals surface area contributed by atoms with E-state index in [1.54, 1.807) is 7.11 Å². The molecule has 0 amide bonds. The molecule has 5 nitrogen and oxygen atoms in total. The lowest BCUT2D eigenvalue weighted by molar-refractivity contribution is 0.345. The second-order valence-electron chi connectivity index (χ2n) is 9.16. The average molecular weight is 461 g/mol. The first-order chi connectivity index (χ1) is 16.1. The number of pyridine rings is 1. The van der Waals surface area contributed by atoms with E-state index >= 15 is 0 Å². The van der Waals surface area contributed by atoms with Crippen LogP contribution in [-0.2, 0) is 0 Å². The van der Waals surface area contributed by atoms with E-state index < -0.39 is 0 Å². The second kappa shape index (κ2) is 9.18. The lowest BCUT2D eigenvalue weighted by Crippen LogP contribution is -2.30. The first kappa shape index (κ1) is 22.0. The van der Waals surface area contributed by atoms with E-state index in [1.165, 1.54) is 49.1 Å². The SMILES string of the molecule is COc1ccccc1N1C(=S)N[C@@H](c2ccccn2)[C@H]1c1cc(C)n(C2CCCCC2)c1C. The number of para-hydroxylation sites is 2. The summed E-state index contributed by atoms with van der Waals surface area (Å²) >= 11 is 5.92. The smallest absolute Gasteiger partial charge is 0.174 e. The van der Waals surface area contributed by atoms with Gasteiger partial charge in [0.15, 0.2) is 5.11 Å². The van der Waals surface area contributed by atoms with Gasteiger partial charge in [-0.05, 0) is 74.8 Å². The quantitative estimate of drug-likeness (QED) is 0.460. The molecule has 5 rings (SSSR count). The lowest BCUT2D eigenvalue weighted by atomic mass is 9.94. The normalized spacial score (nSPS) is 21.3. The van der Waals surface area contributed by atoms with Crippen LogP contribution in [0.2, 0.25) is 0 Å². The van der Waals surface area contributed by atoms with Gasteiger partial charge < -0.3 is 19.5 Å². The van der Waals surface area contributed by atoms with Gasteiger partial charge in [-0.3, -0.25) is 4.98 Å². The van der Waals surface area contributed by atoms with E-state index in [9.17, 15) is 0 Å². The maximum absolute atomic E-state index is 5.92. The minimum Gasteiger partial charge on any atom is -0.495 e. The molecule has 2 atom stereocenters. The molecule has 1 aromatic carbocycles. The van der Waals surface area contributed by atoms with E-state index in [2.05, 4.69) is 46.8 Å². The number of hydrogen-bond acceptors (Lipinski definition) is 3. The minimum absolute atomic E-state index is 0.0211. The standard InChI is InChI=1S/C27H32N4OS/c1-18-17-21(19(2)30(18)20-11-5-4-6-12-20)26-25(22-13-9-10-16-28-22)29-27(33)31(26)23-14-7-8-15-24(23)32-3/h7-10,13-17,20,25-26H,4-6,11-12H2,1-3H3,(H,29,33)/t25-,26+/m0/s1. The largest absolute Gasteiger partial charge is 0.495 e. The van der Waals surface area contributed by atoms with Gasteiger partial charge in [0.1, 0.15) is 5.75 Å². The predicted molar refractivity (Wildman–Crippen MR) is 137 cm³/mol. The van der Waals surface area contributed by atoms with Gasteiger partial charge in [0.05, 0.1) is 30.6 Å². The summed E-state index contributed by atoms with van der Waals surface area (Å²) < 4.78 is 8.31. The first-order valence-electron chi connectivity index (χ1n) is 11.9. The molecule has 0 radical (unpaired) electrons. The van der Waals surface area contributed by atoms with Crippen molar-refractivity contribution in [3.8, 4) is 5.75 Å². The Morgan fingerprint density at radius 2 is 1.79 bits per heavy atom. The Bertz CT molecular complexity index is 1140. The number of nitrogens with zero attached hydrogens (tertiary/aromatic N) is 3. The Morgan fingerprint density at radius 3 is 2.52 bits per heavy atom. The van der Waals surface area contributed by atoms with Gasteiger partial charge in [-0.25, -0.2) is 0 Å². The highest BCUT2D eigenvalue weighted by Gasteiger charge is 2.43. The fourth-order valence-corrected chi connectivity index (χ4v) is 6.10. The number of benzene rings is 1. The van der Waals surface area contributed by atoms with Gasteiger partial charge in [0.2, 0.25) is 0 Å². The van der Waals surface area contributed by atoms with E-state index in [1.807, 2.05) is 36.5 Å². The number of ether oxygens (including phenoxy) is 1. The summed E-state index contributed by atoms with van der Waals surface area (Å²) in [5, 5.41) is 4.28. The monoisotopic (exact) mass is 460 g/mol. The molecule has 1 aliphatic heterocycles. The number of aryl methyl sites for hydroxylation is 1. The molecular weight excluding hydrogens is 428 g/mol. The van der Waals surface area contributed by atoms with Crippen molar-refractivity contribution < 1.29 is 4.74 Å². The van der Waals surface area contributed by atoms with Crippen LogP contribution in [0.15, 0.2) is 54.7 Å². The van der Waals surface area contributed by atoms with Crippen LogP contribution in [0.25, 0.3) is 0 Å². The van der Waals surface area contributed by atoms with Crippen LogP contribution >= 0.6 is 12.2 Å². The van der Waals surface area contributed by atoms with Crippen molar-refractivity contribution in [2.45, 2.75) is 64.1 Å². The van der Waals surface area contributed by atoms with Crippen molar-refractivity contribution >= 4 is 23.0 Å². The highest BCUT2D eigenvalue weighted by atomic mass is 32.1. The first-order valence-corrected chi connectivity index (χ1v) is 12.3. The van der Waals surface area contributed by atoms with E-state index in [0.717, 1.165) is 17.1 Å². The molecule has 1 saturated carbocycles. The van der Waals surface area contributed by atoms with Crippen molar-refractivity contribution in [3.63, 3.8) is 0 Å². The third kappa shape index (κ3) is 3.90. The molecule has 1 saturated heterocycles. The van der Waals surface area contributed by atoms with Crippen molar-refractivity contribution in [1.29, 1.82) is 0 Å². The molecule has 33 heavy (non-hydrogen) atoms. The predicted octanol–water partition coefficient (Wildman–Crippen LogP) is 6.19. The molecule has 1 N–H and O–H groups in total. The van der Waals surface area contributed by atoms with Crippen LogP contribution in [0.4, 0.5) is 5.69 Å². The third-order valence-electron chi connectivity index (χ3n) is 7.22. The molecule has 3 aromatic rings. The van der Waals surface area contributed by atoms with Crippen LogP contribution in [0, 0.1) is 13.8 Å². The summed E-state index contributed by atoms with van der Waals surface area (Å²) in [6, 6.07) is 17.1. The second-order valence-corrected chi connectivity index (χ2v) is 9.54. The fraction of sp³-hybridized carbons (Fsp3) is 0.407. The molecule has 3 heterocycles. The zero-order chi connectivity index (χ0) is 22.9. The molecule has 1 aliphatic carbocycles. The molecule has 2 aromatic heterocycles. The minimum atomic E-state index is -0.0519. The molecule has 2 fully saturated rings. The van der Waals surface area contributed by atoms with Crippen LogP contribution in [-0.4, -0.2) is 21.8 Å². The average Bonchev–Trinajstić information content (AvgIpc) is 3.35. The van der Waals surface area contributed by atoms with Gasteiger partial charge in [-0.1, -0.05) is 37.5 Å². The van der Waals surface area contributed by atoms with Crippen molar-refractivity contribution in [2.75, 3.05) is 12.0 Å². The van der Waals surface area contributed by atoms with Gasteiger partial charge in [0, 0.05) is 23.6 Å². The van der Waals surface area contributed by atoms with Crippen LogP contribution < -0.4 is 15.0 Å². The number of thiocarbonyl (C=S) groups is 1. The third-order valence-corrected chi connectivity index (χ3v) is 7.54. The van der Waals surface area contributed by atoms with Gasteiger partial charge in [-0.15, -0.1) is 0 Å². The molecule has 2 aliphatic rings. The molecule has 0 unspecified atom stereocenters. The Kier molecular flexibility index (Phi) is 6.11. The molecule has 6 heteroatoms. The van der Waals surface area contributed by atoms with Crippen molar-refractivity contribution in [1.82, 2.24) is 14.9 Å². The molecular formula is C27H32N4OS. The summed E-state index contributed by atoms with van der Waals surface area (Å²) in [6.45, 7) is 4.52. The Morgan fingerprint density at radius 1 is 1.03 bits per heavy atom. The summed E-state index contributed by atoms with van der Waals surface area (Å²) in [7, 11) is 1.71. The number of hydrogen-bond donors (Lipinski definition) is 1. The lowest BCUT2D eigenvalue weighted by Gasteiger charge is -2.30. The van der Waals surface area contributed by atoms with E-state index in [-0.39, 0.29) is 12.1 Å². The molecule has 0 bridgehead atoms. The van der Waals surface area contributed by atoms with Gasteiger partial charge in [0.25, 0.3) is 0 Å². The maximum atomic E-state index is 5.92. The highest BCUT2D eigenvalue weighted by molar-refractivity contribution is 7.80. The summed E-state index contributed by atoms with van der Waals surface area (Å²) in [5.41, 5.74) is 5.92. The Balaban J connectivity index is 1.65. The summed E-state index contributed by atoms with van der Waals surface area (Å²) in [5.74, 6) is 0.814. The molecule has 172 valence electrons. The van der Waals surface area contributed by atoms with Crippen LogP contribution in [0.3, 0.4) is 0 Å². The number of nitrogens with one attached hydrogen (secondary N) is 1. The highest BCUT2D eigenvalue weighted by Crippen LogP contribution is 2.46. The van der Waals surface area contributed by atoms with Gasteiger partial charge >= 0.3 is 0 Å². The van der Waals surface area contributed by atoms with Crippen LogP contribution in [0.5, 0.6) is 5.75 Å². The van der Waals surface area contributed by atoms with Crippen molar-refractivity contribution in [2.24, 2.45) is 0 Å². The number of aromatic nitrogens is 2.